The van der Waals surface area contributed by atoms with E-state index in [1.165, 1.54) is 5.56 Å². The summed E-state index contributed by atoms with van der Waals surface area (Å²) in [5, 5.41) is 2.69. The molecule has 1 aromatic carbocycles. The van der Waals surface area contributed by atoms with Crippen LogP contribution in [-0.2, 0) is 13.0 Å². The number of halogens is 2. The Morgan fingerprint density at radius 2 is 1.71 bits per heavy atom. The molecule has 0 atom stereocenters. The summed E-state index contributed by atoms with van der Waals surface area (Å²) in [6, 6.07) is 7.99. The number of nitrogens with one attached hydrogen (secondary N) is 1. The Labute approximate surface area is 83.1 Å². The predicted octanol–water partition coefficient (Wildman–Crippen LogP) is 2.60. The number of hydrogen-bond donors (Lipinski definition) is 1. The molecule has 0 heterocycles. The predicted molar refractivity (Wildman–Crippen MR) is 53.5 cm³/mol. The summed E-state index contributed by atoms with van der Waals surface area (Å²) < 4.78 is 23.6. The summed E-state index contributed by atoms with van der Waals surface area (Å²) >= 11 is 0. The van der Waals surface area contributed by atoms with Crippen LogP contribution in [-0.4, -0.2) is 13.0 Å². The number of alkyl halides is 2. The molecule has 0 spiro atoms. The molecule has 0 amide bonds. The molecule has 0 fully saturated rings. The second kappa shape index (κ2) is 5.70. The van der Waals surface area contributed by atoms with Gasteiger partial charge in [0.15, 0.2) is 0 Å². The van der Waals surface area contributed by atoms with Crippen molar-refractivity contribution < 1.29 is 8.78 Å². The van der Waals surface area contributed by atoms with Crippen molar-refractivity contribution in [1.29, 1.82) is 0 Å². The molecular formula is C11H15F2N. The van der Waals surface area contributed by atoms with Crippen LogP contribution >= 0.6 is 0 Å². The molecule has 0 aliphatic heterocycles. The highest BCUT2D eigenvalue weighted by atomic mass is 19.3. The van der Waals surface area contributed by atoms with Crippen LogP contribution in [0.2, 0.25) is 0 Å². The van der Waals surface area contributed by atoms with Crippen molar-refractivity contribution in [3.8, 4) is 0 Å². The molecule has 78 valence electrons. The van der Waals surface area contributed by atoms with E-state index in [0.29, 0.717) is 6.54 Å². The lowest BCUT2D eigenvalue weighted by atomic mass is 10.1. The first-order valence-electron chi connectivity index (χ1n) is 4.79. The highest BCUT2D eigenvalue weighted by Gasteiger charge is 2.00. The number of aryl methyl sites for hydroxylation is 1. The zero-order valence-corrected chi connectivity index (χ0v) is 8.26. The summed E-state index contributed by atoms with van der Waals surface area (Å²) in [5.41, 5.74) is 2.31. The number of hydrogen-bond acceptors (Lipinski definition) is 1. The first-order chi connectivity index (χ1) is 6.72. The van der Waals surface area contributed by atoms with E-state index < -0.39 is 6.43 Å². The molecule has 1 aromatic rings. The lowest BCUT2D eigenvalue weighted by Gasteiger charge is -2.04. The minimum Gasteiger partial charge on any atom is -0.307 e. The fourth-order valence-corrected chi connectivity index (χ4v) is 1.22. The second-order valence-corrected chi connectivity index (χ2v) is 3.19. The fraction of sp³-hybridized carbons (Fsp3) is 0.455. The van der Waals surface area contributed by atoms with Crippen molar-refractivity contribution in [2.75, 3.05) is 6.54 Å². The SMILES string of the molecule is CCc1ccc(CNCC(F)F)cc1. The number of rotatable bonds is 5. The Morgan fingerprint density at radius 1 is 1.14 bits per heavy atom. The Balaban J connectivity index is 2.36. The van der Waals surface area contributed by atoms with Crippen LogP contribution in [0.1, 0.15) is 18.1 Å². The van der Waals surface area contributed by atoms with Crippen LogP contribution in [0.3, 0.4) is 0 Å². The van der Waals surface area contributed by atoms with Gasteiger partial charge < -0.3 is 5.32 Å². The summed E-state index contributed by atoms with van der Waals surface area (Å²) in [4.78, 5) is 0. The van der Waals surface area contributed by atoms with Gasteiger partial charge in [-0.25, -0.2) is 8.78 Å². The third-order valence-corrected chi connectivity index (χ3v) is 2.06. The average Bonchev–Trinajstić information content (AvgIpc) is 2.18. The fourth-order valence-electron chi connectivity index (χ4n) is 1.22. The zero-order chi connectivity index (χ0) is 10.4. The molecule has 0 saturated carbocycles. The van der Waals surface area contributed by atoms with Crippen LogP contribution in [0, 0.1) is 0 Å². The summed E-state index contributed by atoms with van der Waals surface area (Å²) in [7, 11) is 0. The highest BCUT2D eigenvalue weighted by molar-refractivity contribution is 5.22. The van der Waals surface area contributed by atoms with Gasteiger partial charge >= 0.3 is 0 Å². The molecule has 14 heavy (non-hydrogen) atoms. The molecule has 0 saturated heterocycles. The molecular weight excluding hydrogens is 184 g/mol. The minimum absolute atomic E-state index is 0.241. The minimum atomic E-state index is -2.27. The van der Waals surface area contributed by atoms with E-state index in [-0.39, 0.29) is 6.54 Å². The van der Waals surface area contributed by atoms with E-state index >= 15 is 0 Å². The molecule has 0 aromatic heterocycles. The molecule has 0 aliphatic rings. The maximum Gasteiger partial charge on any atom is 0.250 e. The van der Waals surface area contributed by atoms with E-state index in [0.717, 1.165) is 12.0 Å². The van der Waals surface area contributed by atoms with Crippen molar-refractivity contribution in [3.05, 3.63) is 35.4 Å². The Kier molecular flexibility index (Phi) is 4.53. The maximum absolute atomic E-state index is 11.8. The quantitative estimate of drug-likeness (QED) is 0.768. The summed E-state index contributed by atoms with van der Waals surface area (Å²) in [6.45, 7) is 2.36. The van der Waals surface area contributed by atoms with Crippen LogP contribution in [0.4, 0.5) is 8.78 Å². The van der Waals surface area contributed by atoms with Crippen LogP contribution in [0.5, 0.6) is 0 Å². The molecule has 3 heteroatoms. The molecule has 0 bridgehead atoms. The Hall–Kier alpha value is -0.960. The molecule has 1 rings (SSSR count). The smallest absolute Gasteiger partial charge is 0.250 e. The van der Waals surface area contributed by atoms with Crippen LogP contribution in [0.25, 0.3) is 0 Å². The standard InChI is InChI=1S/C11H15F2N/c1-2-9-3-5-10(6-4-9)7-14-8-11(12)13/h3-6,11,14H,2,7-8H2,1H3. The normalized spacial score (nSPS) is 10.9. The van der Waals surface area contributed by atoms with Gasteiger partial charge in [0.05, 0.1) is 6.54 Å². The van der Waals surface area contributed by atoms with E-state index in [4.69, 9.17) is 0 Å². The monoisotopic (exact) mass is 199 g/mol. The van der Waals surface area contributed by atoms with Gasteiger partial charge in [-0.15, -0.1) is 0 Å². The van der Waals surface area contributed by atoms with Gasteiger partial charge in [-0.3, -0.25) is 0 Å². The van der Waals surface area contributed by atoms with Crippen LogP contribution < -0.4 is 5.32 Å². The van der Waals surface area contributed by atoms with Gasteiger partial charge in [0.25, 0.3) is 6.43 Å². The van der Waals surface area contributed by atoms with Crippen molar-refractivity contribution in [3.63, 3.8) is 0 Å². The van der Waals surface area contributed by atoms with E-state index in [1.807, 2.05) is 24.3 Å². The second-order valence-electron chi connectivity index (χ2n) is 3.19. The topological polar surface area (TPSA) is 12.0 Å². The molecule has 0 unspecified atom stereocenters. The third-order valence-electron chi connectivity index (χ3n) is 2.06. The lowest BCUT2D eigenvalue weighted by Crippen LogP contribution is -2.20. The highest BCUT2D eigenvalue weighted by Crippen LogP contribution is 2.04. The van der Waals surface area contributed by atoms with Gasteiger partial charge in [-0.05, 0) is 17.5 Å². The molecule has 1 nitrogen and oxygen atoms in total. The Morgan fingerprint density at radius 3 is 2.21 bits per heavy atom. The van der Waals surface area contributed by atoms with Gasteiger partial charge in [0, 0.05) is 6.54 Å². The van der Waals surface area contributed by atoms with E-state index in [1.54, 1.807) is 0 Å². The van der Waals surface area contributed by atoms with Crippen molar-refractivity contribution >= 4 is 0 Å². The Bertz CT molecular complexity index is 256. The lowest BCUT2D eigenvalue weighted by molar-refractivity contribution is 0.145. The maximum atomic E-state index is 11.8. The van der Waals surface area contributed by atoms with E-state index in [2.05, 4.69) is 12.2 Å². The van der Waals surface area contributed by atoms with Gasteiger partial charge in [0.2, 0.25) is 0 Å². The third kappa shape index (κ3) is 3.83. The molecule has 0 aliphatic carbocycles. The zero-order valence-electron chi connectivity index (χ0n) is 8.26. The van der Waals surface area contributed by atoms with Crippen molar-refractivity contribution in [2.45, 2.75) is 26.3 Å². The van der Waals surface area contributed by atoms with Gasteiger partial charge in [0.1, 0.15) is 0 Å². The van der Waals surface area contributed by atoms with Crippen molar-refractivity contribution in [2.24, 2.45) is 0 Å². The van der Waals surface area contributed by atoms with Crippen LogP contribution in [0.15, 0.2) is 24.3 Å². The first-order valence-corrected chi connectivity index (χ1v) is 4.79. The number of benzene rings is 1. The van der Waals surface area contributed by atoms with E-state index in [9.17, 15) is 8.78 Å². The average molecular weight is 199 g/mol. The first kappa shape index (κ1) is 11.1. The van der Waals surface area contributed by atoms with Crippen molar-refractivity contribution in [1.82, 2.24) is 5.32 Å². The van der Waals surface area contributed by atoms with Gasteiger partial charge in [-0.2, -0.15) is 0 Å². The largest absolute Gasteiger partial charge is 0.307 e. The molecule has 1 N–H and O–H groups in total. The summed E-state index contributed by atoms with van der Waals surface area (Å²) in [5.74, 6) is 0. The summed E-state index contributed by atoms with van der Waals surface area (Å²) in [6.07, 6.45) is -1.27. The van der Waals surface area contributed by atoms with Gasteiger partial charge in [-0.1, -0.05) is 31.2 Å². The molecule has 0 radical (unpaired) electrons.